The van der Waals surface area contributed by atoms with Crippen LogP contribution in [0.5, 0.6) is 0 Å². The number of rotatable bonds is 4. The molecule has 2 aromatic rings. The van der Waals surface area contributed by atoms with E-state index in [2.05, 4.69) is 15.0 Å². The van der Waals surface area contributed by atoms with Crippen molar-refractivity contribution in [2.24, 2.45) is 5.41 Å². The first-order valence-corrected chi connectivity index (χ1v) is 10.4. The molecular weight excluding hydrogens is 362 g/mol. The minimum atomic E-state index is 0.0148. The van der Waals surface area contributed by atoms with Crippen LogP contribution in [0.3, 0.4) is 0 Å². The molecular formula is C19H25N5O2S. The standard InChI is InChI=1S/C19H25N5O2S/c1-14-22-16(10-27-14)18(26)24-7-2-5-19(12-24)6-3-17(25)23(11-19)8-4-15-9-20-13-21-15/h9-10,13H,2-8,11-12H2,1H3,(H,20,21)/t19-/m1/s1. The van der Waals surface area contributed by atoms with Gasteiger partial charge in [-0.05, 0) is 26.2 Å². The van der Waals surface area contributed by atoms with Crippen molar-refractivity contribution in [1.82, 2.24) is 24.8 Å². The smallest absolute Gasteiger partial charge is 0.273 e. The van der Waals surface area contributed by atoms with E-state index in [4.69, 9.17) is 0 Å². The summed E-state index contributed by atoms with van der Waals surface area (Å²) in [6.07, 6.45) is 7.74. The summed E-state index contributed by atoms with van der Waals surface area (Å²) in [7, 11) is 0. The molecule has 2 aromatic heterocycles. The summed E-state index contributed by atoms with van der Waals surface area (Å²) in [4.78, 5) is 40.7. The van der Waals surface area contributed by atoms with Crippen LogP contribution in [0.25, 0.3) is 0 Å². The van der Waals surface area contributed by atoms with Crippen molar-refractivity contribution < 1.29 is 9.59 Å². The predicted molar refractivity (Wildman–Crippen MR) is 103 cm³/mol. The molecule has 4 rings (SSSR count). The molecule has 2 amide bonds. The minimum absolute atomic E-state index is 0.0148. The van der Waals surface area contributed by atoms with Crippen LogP contribution in [0.4, 0.5) is 0 Å². The van der Waals surface area contributed by atoms with Gasteiger partial charge in [-0.1, -0.05) is 0 Å². The van der Waals surface area contributed by atoms with E-state index in [1.807, 2.05) is 22.1 Å². The fourth-order valence-corrected chi connectivity index (χ4v) is 4.91. The number of likely N-dealkylation sites (tertiary alicyclic amines) is 2. The van der Waals surface area contributed by atoms with E-state index in [9.17, 15) is 9.59 Å². The number of imidazole rings is 1. The lowest BCUT2D eigenvalue weighted by molar-refractivity contribution is -0.138. The number of hydrogen-bond donors (Lipinski definition) is 1. The molecule has 2 saturated heterocycles. The van der Waals surface area contributed by atoms with Gasteiger partial charge in [0.05, 0.1) is 11.3 Å². The van der Waals surface area contributed by atoms with Crippen LogP contribution in [0.2, 0.25) is 0 Å². The van der Waals surface area contributed by atoms with Gasteiger partial charge in [-0.3, -0.25) is 9.59 Å². The summed E-state index contributed by atoms with van der Waals surface area (Å²) in [5, 5.41) is 2.76. The maximum Gasteiger partial charge on any atom is 0.273 e. The van der Waals surface area contributed by atoms with Gasteiger partial charge < -0.3 is 14.8 Å². The second-order valence-electron chi connectivity index (χ2n) is 7.72. The maximum absolute atomic E-state index is 12.8. The van der Waals surface area contributed by atoms with Gasteiger partial charge in [-0.25, -0.2) is 9.97 Å². The third kappa shape index (κ3) is 3.90. The molecule has 0 unspecified atom stereocenters. The van der Waals surface area contributed by atoms with Gasteiger partial charge in [-0.2, -0.15) is 0 Å². The number of aromatic amines is 1. The zero-order valence-electron chi connectivity index (χ0n) is 15.6. The number of nitrogens with one attached hydrogen (secondary N) is 1. The van der Waals surface area contributed by atoms with Gasteiger partial charge in [0.15, 0.2) is 0 Å². The highest BCUT2D eigenvalue weighted by Crippen LogP contribution is 2.39. The molecule has 7 nitrogen and oxygen atoms in total. The third-order valence-corrected chi connectivity index (χ3v) is 6.51. The highest BCUT2D eigenvalue weighted by molar-refractivity contribution is 7.09. The molecule has 1 N–H and O–H groups in total. The number of carbonyl (C=O) groups is 2. The number of carbonyl (C=O) groups excluding carboxylic acids is 2. The van der Waals surface area contributed by atoms with E-state index in [0.29, 0.717) is 18.7 Å². The fourth-order valence-electron chi connectivity index (χ4n) is 4.32. The van der Waals surface area contributed by atoms with Crippen molar-refractivity contribution in [3.05, 3.63) is 34.3 Å². The molecule has 2 fully saturated rings. The first-order valence-electron chi connectivity index (χ1n) is 9.51. The van der Waals surface area contributed by atoms with Crippen LogP contribution in [-0.4, -0.2) is 62.7 Å². The van der Waals surface area contributed by atoms with Crippen LogP contribution in [0.1, 0.15) is 46.9 Å². The molecule has 1 atom stereocenters. The number of aryl methyl sites for hydroxylation is 1. The lowest BCUT2D eigenvalue weighted by Crippen LogP contribution is -2.55. The van der Waals surface area contributed by atoms with Gasteiger partial charge in [0.1, 0.15) is 5.69 Å². The average molecular weight is 388 g/mol. The van der Waals surface area contributed by atoms with Crippen LogP contribution < -0.4 is 0 Å². The van der Waals surface area contributed by atoms with Crippen LogP contribution in [0.15, 0.2) is 17.9 Å². The van der Waals surface area contributed by atoms with E-state index < -0.39 is 0 Å². The van der Waals surface area contributed by atoms with E-state index in [-0.39, 0.29) is 17.2 Å². The topological polar surface area (TPSA) is 82.2 Å². The molecule has 1 spiro atoms. The van der Waals surface area contributed by atoms with Crippen LogP contribution in [0, 0.1) is 12.3 Å². The Balaban J connectivity index is 1.43. The summed E-state index contributed by atoms with van der Waals surface area (Å²) in [5.74, 6) is 0.248. The van der Waals surface area contributed by atoms with Gasteiger partial charge in [-0.15, -0.1) is 11.3 Å². The van der Waals surface area contributed by atoms with Crippen LogP contribution in [-0.2, 0) is 11.2 Å². The molecule has 0 aliphatic carbocycles. The second-order valence-corrected chi connectivity index (χ2v) is 8.79. The zero-order chi connectivity index (χ0) is 18.9. The number of amides is 2. The van der Waals surface area contributed by atoms with Crippen molar-refractivity contribution >= 4 is 23.2 Å². The van der Waals surface area contributed by atoms with Gasteiger partial charge in [0, 0.05) is 61.7 Å². The summed E-state index contributed by atoms with van der Waals surface area (Å²) < 4.78 is 0. The van der Waals surface area contributed by atoms with Crippen molar-refractivity contribution in [3.63, 3.8) is 0 Å². The Morgan fingerprint density at radius 2 is 2.26 bits per heavy atom. The molecule has 0 radical (unpaired) electrons. The van der Waals surface area contributed by atoms with E-state index in [1.54, 1.807) is 12.5 Å². The Morgan fingerprint density at radius 1 is 1.37 bits per heavy atom. The lowest BCUT2D eigenvalue weighted by atomic mass is 9.73. The second kappa shape index (κ2) is 7.42. The highest BCUT2D eigenvalue weighted by atomic mass is 32.1. The molecule has 27 heavy (non-hydrogen) atoms. The lowest BCUT2D eigenvalue weighted by Gasteiger charge is -2.48. The number of nitrogens with zero attached hydrogens (tertiary/aromatic N) is 4. The molecule has 4 heterocycles. The third-order valence-electron chi connectivity index (χ3n) is 5.74. The molecule has 2 aliphatic heterocycles. The summed E-state index contributed by atoms with van der Waals surface area (Å²) in [6.45, 7) is 4.85. The predicted octanol–water partition coefficient (Wildman–Crippen LogP) is 2.26. The Labute approximate surface area is 162 Å². The Kier molecular flexibility index (Phi) is 4.99. The van der Waals surface area contributed by atoms with E-state index >= 15 is 0 Å². The molecule has 0 saturated carbocycles. The Bertz CT molecular complexity index is 818. The monoisotopic (exact) mass is 387 g/mol. The van der Waals surface area contributed by atoms with Gasteiger partial charge in [0.25, 0.3) is 5.91 Å². The zero-order valence-corrected chi connectivity index (χ0v) is 16.4. The molecule has 8 heteroatoms. The molecule has 2 aliphatic rings. The number of piperidine rings is 2. The largest absolute Gasteiger partial charge is 0.348 e. The number of H-pyrrole nitrogens is 1. The van der Waals surface area contributed by atoms with Crippen molar-refractivity contribution in [3.8, 4) is 0 Å². The van der Waals surface area contributed by atoms with E-state index in [1.165, 1.54) is 11.3 Å². The van der Waals surface area contributed by atoms with Crippen LogP contribution >= 0.6 is 11.3 Å². The molecule has 0 aromatic carbocycles. The number of aromatic nitrogens is 3. The fraction of sp³-hybridized carbons (Fsp3) is 0.579. The Morgan fingerprint density at radius 3 is 3.00 bits per heavy atom. The first-order chi connectivity index (χ1) is 13.0. The summed E-state index contributed by atoms with van der Waals surface area (Å²) >= 11 is 1.51. The van der Waals surface area contributed by atoms with E-state index in [0.717, 1.165) is 56.0 Å². The molecule has 144 valence electrons. The average Bonchev–Trinajstić information content (AvgIpc) is 3.34. The quantitative estimate of drug-likeness (QED) is 0.872. The summed E-state index contributed by atoms with van der Waals surface area (Å²) in [5.41, 5.74) is 1.61. The SMILES string of the molecule is Cc1nc(C(=O)N2CCC[C@]3(CCC(=O)N(CCc4cnc[nH]4)C3)C2)cs1. The van der Waals surface area contributed by atoms with Crippen molar-refractivity contribution in [1.29, 1.82) is 0 Å². The molecule has 0 bridgehead atoms. The minimum Gasteiger partial charge on any atom is -0.348 e. The number of hydrogen-bond acceptors (Lipinski definition) is 5. The van der Waals surface area contributed by atoms with Gasteiger partial charge in [0.2, 0.25) is 5.91 Å². The number of thiazole rings is 1. The highest BCUT2D eigenvalue weighted by Gasteiger charge is 2.42. The maximum atomic E-state index is 12.8. The normalized spacial score (nSPS) is 23.2. The van der Waals surface area contributed by atoms with Gasteiger partial charge >= 0.3 is 0 Å². The van der Waals surface area contributed by atoms with Crippen molar-refractivity contribution in [2.75, 3.05) is 26.2 Å². The first kappa shape index (κ1) is 18.2. The van der Waals surface area contributed by atoms with Crippen molar-refractivity contribution in [2.45, 2.75) is 39.0 Å². The Hall–Kier alpha value is -2.22. The summed E-state index contributed by atoms with van der Waals surface area (Å²) in [6, 6.07) is 0.